The number of fused-ring (bicyclic) bond motifs is 1. The first-order valence-corrected chi connectivity index (χ1v) is 7.45. The lowest BCUT2D eigenvalue weighted by atomic mass is 9.95. The molecule has 0 radical (unpaired) electrons. The van der Waals surface area contributed by atoms with Crippen LogP contribution in [0.1, 0.15) is 13.3 Å². The Morgan fingerprint density at radius 2 is 2.10 bits per heavy atom. The van der Waals surface area contributed by atoms with E-state index < -0.39 is 0 Å². The van der Waals surface area contributed by atoms with Crippen LogP contribution < -0.4 is 10.2 Å². The highest BCUT2D eigenvalue weighted by molar-refractivity contribution is 5.90. The number of rotatable bonds is 3. The number of para-hydroxylation sites is 1. The van der Waals surface area contributed by atoms with E-state index in [2.05, 4.69) is 33.2 Å². The molecule has 2 atom stereocenters. The van der Waals surface area contributed by atoms with Gasteiger partial charge in [-0.05, 0) is 24.5 Å². The molecule has 2 aromatic rings. The van der Waals surface area contributed by atoms with Crippen molar-refractivity contribution in [3.05, 3.63) is 24.3 Å². The molecule has 0 amide bonds. The molecule has 1 saturated heterocycles. The van der Waals surface area contributed by atoms with Crippen LogP contribution in [0.3, 0.4) is 0 Å². The summed E-state index contributed by atoms with van der Waals surface area (Å²) in [6, 6.07) is 8.16. The van der Waals surface area contributed by atoms with Gasteiger partial charge < -0.3 is 15.0 Å². The van der Waals surface area contributed by atoms with Crippen LogP contribution in [0.15, 0.2) is 24.3 Å². The highest BCUT2D eigenvalue weighted by atomic mass is 16.5. The van der Waals surface area contributed by atoms with Crippen molar-refractivity contribution in [2.75, 3.05) is 37.5 Å². The number of hydrogen-bond acceptors (Lipinski definition) is 5. The standard InChI is InChI=1S/C16H22N4O/c1-11-8-9-20(10-14(11)21-3)15-12-6-4-5-7-13(12)18-16(17-2)19-15/h4-7,11,14H,8-10H2,1-3H3,(H,17,18,19). The molecule has 0 bridgehead atoms. The zero-order valence-corrected chi connectivity index (χ0v) is 12.8. The average molecular weight is 286 g/mol. The molecule has 0 saturated carbocycles. The van der Waals surface area contributed by atoms with E-state index in [1.807, 2.05) is 25.2 Å². The third-order valence-corrected chi connectivity index (χ3v) is 4.30. The maximum Gasteiger partial charge on any atom is 0.224 e. The van der Waals surface area contributed by atoms with Gasteiger partial charge in [-0.25, -0.2) is 4.98 Å². The van der Waals surface area contributed by atoms with Crippen LogP contribution in [0.4, 0.5) is 11.8 Å². The molecular weight excluding hydrogens is 264 g/mol. The Balaban J connectivity index is 2.02. The van der Waals surface area contributed by atoms with Gasteiger partial charge in [0, 0.05) is 32.6 Å². The quantitative estimate of drug-likeness (QED) is 0.939. The second-order valence-electron chi connectivity index (χ2n) is 5.62. The second-order valence-corrected chi connectivity index (χ2v) is 5.62. The van der Waals surface area contributed by atoms with Crippen LogP contribution in [0.5, 0.6) is 0 Å². The lowest BCUT2D eigenvalue weighted by Gasteiger charge is -2.37. The summed E-state index contributed by atoms with van der Waals surface area (Å²) in [5, 5.41) is 4.15. The van der Waals surface area contributed by atoms with Crippen molar-refractivity contribution in [2.45, 2.75) is 19.4 Å². The summed E-state index contributed by atoms with van der Waals surface area (Å²) >= 11 is 0. The molecule has 1 N–H and O–H groups in total. The first-order chi connectivity index (χ1) is 10.2. The molecule has 0 spiro atoms. The monoisotopic (exact) mass is 286 g/mol. The maximum atomic E-state index is 5.62. The number of nitrogens with zero attached hydrogens (tertiary/aromatic N) is 3. The van der Waals surface area contributed by atoms with E-state index in [4.69, 9.17) is 4.74 Å². The smallest absolute Gasteiger partial charge is 0.224 e. The Morgan fingerprint density at radius 1 is 1.29 bits per heavy atom. The minimum atomic E-state index is 0.255. The van der Waals surface area contributed by atoms with Crippen molar-refractivity contribution in [2.24, 2.45) is 5.92 Å². The highest BCUT2D eigenvalue weighted by Gasteiger charge is 2.28. The molecule has 3 rings (SSSR count). The fraction of sp³-hybridized carbons (Fsp3) is 0.500. The van der Waals surface area contributed by atoms with Gasteiger partial charge in [0.05, 0.1) is 11.6 Å². The van der Waals surface area contributed by atoms with Crippen LogP contribution >= 0.6 is 0 Å². The lowest BCUT2D eigenvalue weighted by molar-refractivity contribution is 0.0497. The molecule has 2 heterocycles. The lowest BCUT2D eigenvalue weighted by Crippen LogP contribution is -2.44. The fourth-order valence-corrected chi connectivity index (χ4v) is 2.95. The van der Waals surface area contributed by atoms with Crippen LogP contribution in [-0.4, -0.2) is 43.3 Å². The largest absolute Gasteiger partial charge is 0.379 e. The Hall–Kier alpha value is -1.88. The number of ether oxygens (including phenoxy) is 1. The third kappa shape index (κ3) is 2.65. The molecule has 1 aromatic heterocycles. The van der Waals surface area contributed by atoms with Crippen molar-refractivity contribution in [3.8, 4) is 0 Å². The summed E-state index contributed by atoms with van der Waals surface area (Å²) < 4.78 is 5.62. The number of hydrogen-bond donors (Lipinski definition) is 1. The van der Waals surface area contributed by atoms with E-state index in [0.29, 0.717) is 11.9 Å². The van der Waals surface area contributed by atoms with Gasteiger partial charge in [-0.15, -0.1) is 0 Å². The summed E-state index contributed by atoms with van der Waals surface area (Å²) in [6.45, 7) is 4.13. The van der Waals surface area contributed by atoms with E-state index in [-0.39, 0.29) is 6.10 Å². The third-order valence-electron chi connectivity index (χ3n) is 4.30. The molecule has 1 aliphatic heterocycles. The molecule has 0 aliphatic carbocycles. The highest BCUT2D eigenvalue weighted by Crippen LogP contribution is 2.29. The predicted octanol–water partition coefficient (Wildman–Crippen LogP) is 2.53. The first kappa shape index (κ1) is 14.1. The number of nitrogens with one attached hydrogen (secondary N) is 1. The van der Waals surface area contributed by atoms with Crippen LogP contribution in [-0.2, 0) is 4.74 Å². The van der Waals surface area contributed by atoms with E-state index >= 15 is 0 Å². The number of aromatic nitrogens is 2. The molecule has 1 aromatic carbocycles. The maximum absolute atomic E-state index is 5.62. The SMILES string of the molecule is CNc1nc(N2CCC(C)C(OC)C2)c2ccccc2n1. The van der Waals surface area contributed by atoms with Gasteiger partial charge in [0.1, 0.15) is 5.82 Å². The molecule has 2 unspecified atom stereocenters. The van der Waals surface area contributed by atoms with Crippen molar-refractivity contribution in [3.63, 3.8) is 0 Å². The minimum absolute atomic E-state index is 0.255. The molecule has 5 nitrogen and oxygen atoms in total. The summed E-state index contributed by atoms with van der Waals surface area (Å²) in [5.41, 5.74) is 0.972. The number of benzene rings is 1. The van der Waals surface area contributed by atoms with Crippen molar-refractivity contribution < 1.29 is 4.74 Å². The Bertz CT molecular complexity index is 631. The van der Waals surface area contributed by atoms with Crippen molar-refractivity contribution in [1.82, 2.24) is 9.97 Å². The molecular formula is C16H22N4O. The van der Waals surface area contributed by atoms with Gasteiger partial charge in [-0.1, -0.05) is 19.1 Å². The second kappa shape index (κ2) is 5.85. The summed E-state index contributed by atoms with van der Waals surface area (Å²) in [4.78, 5) is 11.5. The number of methoxy groups -OCH3 is 1. The number of anilines is 2. The van der Waals surface area contributed by atoms with E-state index in [9.17, 15) is 0 Å². The summed E-state index contributed by atoms with van der Waals surface area (Å²) in [5.74, 6) is 2.25. The molecule has 1 aliphatic rings. The molecule has 1 fully saturated rings. The Labute approximate surface area is 125 Å². The van der Waals surface area contributed by atoms with Gasteiger partial charge in [0.25, 0.3) is 0 Å². The first-order valence-electron chi connectivity index (χ1n) is 7.45. The van der Waals surface area contributed by atoms with E-state index in [0.717, 1.165) is 36.2 Å². The van der Waals surface area contributed by atoms with Crippen molar-refractivity contribution in [1.29, 1.82) is 0 Å². The zero-order chi connectivity index (χ0) is 14.8. The van der Waals surface area contributed by atoms with Gasteiger partial charge >= 0.3 is 0 Å². The average Bonchev–Trinajstić information content (AvgIpc) is 2.54. The van der Waals surface area contributed by atoms with E-state index in [1.54, 1.807) is 7.11 Å². The van der Waals surface area contributed by atoms with Gasteiger partial charge in [-0.3, -0.25) is 0 Å². The van der Waals surface area contributed by atoms with Crippen molar-refractivity contribution >= 4 is 22.7 Å². The summed E-state index contributed by atoms with van der Waals surface area (Å²) in [6.07, 6.45) is 1.37. The molecule has 5 heteroatoms. The fourth-order valence-electron chi connectivity index (χ4n) is 2.95. The van der Waals surface area contributed by atoms with Crippen LogP contribution in [0.2, 0.25) is 0 Å². The predicted molar refractivity (Wildman–Crippen MR) is 85.9 cm³/mol. The van der Waals surface area contributed by atoms with Gasteiger partial charge in [-0.2, -0.15) is 4.98 Å². The van der Waals surface area contributed by atoms with Gasteiger partial charge in [0.2, 0.25) is 5.95 Å². The normalized spacial score (nSPS) is 22.5. The molecule has 112 valence electrons. The van der Waals surface area contributed by atoms with E-state index in [1.165, 1.54) is 0 Å². The number of piperidine rings is 1. The van der Waals surface area contributed by atoms with Crippen LogP contribution in [0.25, 0.3) is 10.9 Å². The summed E-state index contributed by atoms with van der Waals surface area (Å²) in [7, 11) is 3.64. The minimum Gasteiger partial charge on any atom is -0.379 e. The van der Waals surface area contributed by atoms with Gasteiger partial charge in [0.15, 0.2) is 0 Å². The molecule has 21 heavy (non-hydrogen) atoms. The Morgan fingerprint density at radius 3 is 2.86 bits per heavy atom. The Kier molecular flexibility index (Phi) is 3.92. The van der Waals surface area contributed by atoms with Crippen LogP contribution in [0, 0.1) is 5.92 Å². The zero-order valence-electron chi connectivity index (χ0n) is 12.8. The topological polar surface area (TPSA) is 50.3 Å².